The van der Waals surface area contributed by atoms with Crippen molar-refractivity contribution in [2.45, 2.75) is 386 Å². The van der Waals surface area contributed by atoms with E-state index in [0.717, 1.165) is 89.9 Å². The summed E-state index contributed by atoms with van der Waals surface area (Å²) in [5, 5.41) is 10.6. The molecular formula is C70H136O17P2. The number of esters is 4. The third-order valence-electron chi connectivity index (χ3n) is 16.4. The molecule has 0 aromatic heterocycles. The lowest BCUT2D eigenvalue weighted by Crippen LogP contribution is -2.30. The Morgan fingerprint density at radius 3 is 0.663 bits per heavy atom. The zero-order valence-corrected chi connectivity index (χ0v) is 59.2. The van der Waals surface area contributed by atoms with Crippen LogP contribution < -0.4 is 0 Å². The van der Waals surface area contributed by atoms with Crippen LogP contribution >= 0.6 is 15.6 Å². The molecule has 0 aliphatic rings. The maximum absolute atomic E-state index is 13.0. The van der Waals surface area contributed by atoms with Gasteiger partial charge in [-0.25, -0.2) is 9.13 Å². The van der Waals surface area contributed by atoms with Crippen molar-refractivity contribution in [2.75, 3.05) is 39.6 Å². The molecule has 89 heavy (non-hydrogen) atoms. The number of carbonyl (C=O) groups excluding carboxylic acids is 4. The Labute approximate surface area is 543 Å². The molecule has 0 aliphatic heterocycles. The first-order valence-corrected chi connectivity index (χ1v) is 39.8. The summed E-state index contributed by atoms with van der Waals surface area (Å²) in [6.07, 6.45) is 52.7. The number of rotatable bonds is 71. The van der Waals surface area contributed by atoms with Crippen molar-refractivity contribution >= 4 is 39.5 Å². The Morgan fingerprint density at radius 1 is 0.270 bits per heavy atom. The summed E-state index contributed by atoms with van der Waals surface area (Å²) in [5.74, 6) is -2.12. The van der Waals surface area contributed by atoms with Gasteiger partial charge in [0, 0.05) is 25.7 Å². The molecule has 0 radical (unpaired) electrons. The predicted octanol–water partition coefficient (Wildman–Crippen LogP) is 20.3. The van der Waals surface area contributed by atoms with Crippen LogP contribution in [0.2, 0.25) is 0 Å². The number of aliphatic hydroxyl groups is 1. The molecule has 0 spiro atoms. The van der Waals surface area contributed by atoms with Gasteiger partial charge >= 0.3 is 39.5 Å². The standard InChI is InChI=1S/C70H136O17P2/c1-5-9-13-17-21-25-27-29-31-32-33-35-37-41-45-49-53-57-70(75)87-66(61-81-68(73)55-51-47-43-40-36-34-30-28-26-22-18-14-10-6-2)63-85-89(78,79)83-59-64(71)58-82-88(76,77)84-62-65(86-69(74)56-52-48-44-39-24-20-16-12-8-4)60-80-67(72)54-50-46-42-38-23-19-15-11-7-3/h64-66,71H,5-63H2,1-4H3,(H,76,77)(H,78,79)/t64-,65+,66+/m0/s1. The smallest absolute Gasteiger partial charge is 0.462 e. The molecule has 5 atom stereocenters. The molecule has 0 bridgehead atoms. The van der Waals surface area contributed by atoms with Gasteiger partial charge in [0.05, 0.1) is 26.4 Å². The Hall–Kier alpha value is -1.94. The van der Waals surface area contributed by atoms with Crippen molar-refractivity contribution in [3.8, 4) is 0 Å². The molecule has 528 valence electrons. The van der Waals surface area contributed by atoms with Crippen LogP contribution in [0.4, 0.5) is 0 Å². The first-order valence-electron chi connectivity index (χ1n) is 36.8. The summed E-state index contributed by atoms with van der Waals surface area (Å²) in [5.41, 5.74) is 0. The fraction of sp³-hybridized carbons (Fsp3) is 0.943. The Balaban J connectivity index is 5.20. The van der Waals surface area contributed by atoms with Crippen molar-refractivity contribution < 1.29 is 80.2 Å². The number of unbranched alkanes of at least 4 members (excludes halogenated alkanes) is 45. The average molecular weight is 1310 g/mol. The van der Waals surface area contributed by atoms with Crippen LogP contribution in [0.15, 0.2) is 0 Å². The van der Waals surface area contributed by atoms with Gasteiger partial charge in [0.15, 0.2) is 12.2 Å². The molecule has 0 rings (SSSR count). The summed E-state index contributed by atoms with van der Waals surface area (Å²) < 4.78 is 68.2. The lowest BCUT2D eigenvalue weighted by atomic mass is 10.0. The summed E-state index contributed by atoms with van der Waals surface area (Å²) >= 11 is 0. The second-order valence-corrected chi connectivity index (χ2v) is 28.2. The van der Waals surface area contributed by atoms with Gasteiger partial charge < -0.3 is 33.8 Å². The minimum atomic E-state index is -4.95. The zero-order valence-electron chi connectivity index (χ0n) is 57.4. The molecule has 0 amide bonds. The lowest BCUT2D eigenvalue weighted by Gasteiger charge is -2.21. The minimum Gasteiger partial charge on any atom is -0.462 e. The largest absolute Gasteiger partial charge is 0.472 e. The molecule has 17 nitrogen and oxygen atoms in total. The van der Waals surface area contributed by atoms with Crippen LogP contribution in [0.5, 0.6) is 0 Å². The maximum atomic E-state index is 13.0. The highest BCUT2D eigenvalue weighted by Gasteiger charge is 2.30. The highest BCUT2D eigenvalue weighted by Crippen LogP contribution is 2.45. The average Bonchev–Trinajstić information content (AvgIpc) is 3.61. The Kier molecular flexibility index (Phi) is 63.3. The van der Waals surface area contributed by atoms with E-state index in [1.807, 2.05) is 0 Å². The lowest BCUT2D eigenvalue weighted by molar-refractivity contribution is -0.161. The first-order chi connectivity index (χ1) is 43.2. The van der Waals surface area contributed by atoms with E-state index < -0.39 is 97.5 Å². The van der Waals surface area contributed by atoms with Crippen LogP contribution in [0.25, 0.3) is 0 Å². The van der Waals surface area contributed by atoms with Gasteiger partial charge in [-0.15, -0.1) is 0 Å². The topological polar surface area (TPSA) is 237 Å². The number of aliphatic hydroxyl groups excluding tert-OH is 1. The van der Waals surface area contributed by atoms with E-state index >= 15 is 0 Å². The quantitative estimate of drug-likeness (QED) is 0.0222. The second kappa shape index (κ2) is 64.8. The van der Waals surface area contributed by atoms with Crippen molar-refractivity contribution in [2.24, 2.45) is 0 Å². The molecule has 2 unspecified atom stereocenters. The van der Waals surface area contributed by atoms with Gasteiger partial charge in [0.1, 0.15) is 19.3 Å². The molecule has 0 saturated carbocycles. The number of hydrogen-bond donors (Lipinski definition) is 3. The van der Waals surface area contributed by atoms with Crippen LogP contribution in [-0.2, 0) is 65.4 Å². The molecular weight excluding hydrogens is 1170 g/mol. The van der Waals surface area contributed by atoms with E-state index in [4.69, 9.17) is 37.0 Å². The van der Waals surface area contributed by atoms with Crippen LogP contribution in [0.1, 0.15) is 368 Å². The van der Waals surface area contributed by atoms with E-state index in [0.29, 0.717) is 25.7 Å². The Bertz CT molecular complexity index is 1710. The van der Waals surface area contributed by atoms with E-state index in [2.05, 4.69) is 27.7 Å². The van der Waals surface area contributed by atoms with Crippen molar-refractivity contribution in [3.05, 3.63) is 0 Å². The summed E-state index contributed by atoms with van der Waals surface area (Å²) in [7, 11) is -9.89. The van der Waals surface area contributed by atoms with Crippen molar-refractivity contribution in [3.63, 3.8) is 0 Å². The summed E-state index contributed by atoms with van der Waals surface area (Å²) in [4.78, 5) is 72.4. The molecule has 0 fully saturated rings. The normalized spacial score (nSPS) is 14.0. The fourth-order valence-electron chi connectivity index (χ4n) is 10.7. The number of ether oxygens (including phenoxy) is 4. The van der Waals surface area contributed by atoms with E-state index in [1.54, 1.807) is 0 Å². The van der Waals surface area contributed by atoms with Crippen molar-refractivity contribution in [1.29, 1.82) is 0 Å². The van der Waals surface area contributed by atoms with Gasteiger partial charge in [-0.05, 0) is 25.7 Å². The molecule has 0 aliphatic carbocycles. The predicted molar refractivity (Wildman–Crippen MR) is 359 cm³/mol. The van der Waals surface area contributed by atoms with Crippen LogP contribution in [0.3, 0.4) is 0 Å². The third-order valence-corrected chi connectivity index (χ3v) is 18.3. The molecule has 0 aromatic rings. The zero-order chi connectivity index (χ0) is 65.4. The van der Waals surface area contributed by atoms with Gasteiger partial charge in [0.2, 0.25) is 0 Å². The number of phosphoric acid groups is 2. The minimum absolute atomic E-state index is 0.106. The molecule has 0 saturated heterocycles. The number of carbonyl (C=O) groups is 4. The summed E-state index contributed by atoms with van der Waals surface area (Å²) in [6.45, 7) is 4.92. The van der Waals surface area contributed by atoms with Gasteiger partial charge in [-0.3, -0.25) is 37.3 Å². The van der Waals surface area contributed by atoms with Crippen molar-refractivity contribution in [1.82, 2.24) is 0 Å². The van der Waals surface area contributed by atoms with Gasteiger partial charge in [-0.2, -0.15) is 0 Å². The first kappa shape index (κ1) is 87.1. The molecule has 3 N–H and O–H groups in total. The fourth-order valence-corrected chi connectivity index (χ4v) is 12.3. The Morgan fingerprint density at radius 2 is 0.449 bits per heavy atom. The number of phosphoric ester groups is 2. The summed E-state index contributed by atoms with van der Waals surface area (Å²) in [6, 6.07) is 0. The molecule has 0 aromatic carbocycles. The highest BCUT2D eigenvalue weighted by molar-refractivity contribution is 7.47. The highest BCUT2D eigenvalue weighted by atomic mass is 31.2. The third kappa shape index (κ3) is 64.6. The van der Waals surface area contributed by atoms with Gasteiger partial charge in [-0.1, -0.05) is 317 Å². The second-order valence-electron chi connectivity index (χ2n) is 25.3. The monoisotopic (exact) mass is 1310 g/mol. The van der Waals surface area contributed by atoms with Gasteiger partial charge in [0.25, 0.3) is 0 Å². The molecule has 0 heterocycles. The van der Waals surface area contributed by atoms with E-state index in [-0.39, 0.29) is 25.7 Å². The van der Waals surface area contributed by atoms with Crippen LogP contribution in [-0.4, -0.2) is 96.7 Å². The van der Waals surface area contributed by atoms with E-state index in [1.165, 1.54) is 199 Å². The number of hydrogen-bond acceptors (Lipinski definition) is 15. The van der Waals surface area contributed by atoms with Crippen LogP contribution in [0, 0.1) is 0 Å². The maximum Gasteiger partial charge on any atom is 0.472 e. The van der Waals surface area contributed by atoms with E-state index in [9.17, 15) is 43.2 Å². The molecule has 19 heteroatoms. The SMILES string of the molecule is CCCCCCCCCCCCCCCCCCCC(=O)O[C@H](COC(=O)CCCCCCCCCCCCCCCC)COP(=O)(O)OC[C@@H](O)COP(=O)(O)OC[C@@H](COC(=O)CCCCCCCCCCC)OC(=O)CCCCCCCCCCC.